The fourth-order valence-corrected chi connectivity index (χ4v) is 3.68. The first-order chi connectivity index (χ1) is 15.0. The van der Waals surface area contributed by atoms with Crippen LogP contribution in [-0.4, -0.2) is 59.0 Å². The van der Waals surface area contributed by atoms with E-state index in [2.05, 4.69) is 25.3 Å². The van der Waals surface area contributed by atoms with Crippen molar-refractivity contribution in [1.82, 2.24) is 20.4 Å². The summed E-state index contributed by atoms with van der Waals surface area (Å²) in [6.45, 7) is 8.51. The number of aliphatic hydroxyl groups is 1. The molecule has 0 atom stereocenters. The van der Waals surface area contributed by atoms with Gasteiger partial charge in [-0.15, -0.1) is 0 Å². The van der Waals surface area contributed by atoms with Gasteiger partial charge in [0.2, 0.25) is 11.8 Å². The SMILES string of the molecule is Cc1nc(OCCCC2CCN(c3noc(C(C)C)n3)CC2)ccc1C(=O)NCCO. The van der Waals surface area contributed by atoms with Crippen molar-refractivity contribution in [3.05, 3.63) is 29.3 Å². The summed E-state index contributed by atoms with van der Waals surface area (Å²) in [4.78, 5) is 23.1. The van der Waals surface area contributed by atoms with E-state index in [1.165, 1.54) is 0 Å². The smallest absolute Gasteiger partial charge is 0.266 e. The van der Waals surface area contributed by atoms with Crippen LogP contribution in [-0.2, 0) is 0 Å². The number of nitrogens with zero attached hydrogens (tertiary/aromatic N) is 4. The minimum atomic E-state index is -0.238. The summed E-state index contributed by atoms with van der Waals surface area (Å²) in [7, 11) is 0. The van der Waals surface area contributed by atoms with Crippen molar-refractivity contribution in [3.63, 3.8) is 0 Å². The molecule has 0 saturated carbocycles. The largest absolute Gasteiger partial charge is 0.478 e. The number of carbonyl (C=O) groups is 1. The van der Waals surface area contributed by atoms with Crippen LogP contribution in [0.4, 0.5) is 5.95 Å². The van der Waals surface area contributed by atoms with Gasteiger partial charge < -0.3 is 24.6 Å². The second-order valence-electron chi connectivity index (χ2n) is 8.27. The lowest BCUT2D eigenvalue weighted by atomic mass is 9.92. The van der Waals surface area contributed by atoms with Crippen LogP contribution in [0.25, 0.3) is 0 Å². The van der Waals surface area contributed by atoms with Crippen LogP contribution in [0.2, 0.25) is 0 Å². The number of aryl methyl sites for hydroxylation is 1. The quantitative estimate of drug-likeness (QED) is 0.552. The number of hydrogen-bond acceptors (Lipinski definition) is 8. The Morgan fingerprint density at radius 3 is 2.74 bits per heavy atom. The Kier molecular flexibility index (Phi) is 8.22. The number of hydrogen-bond donors (Lipinski definition) is 2. The number of aliphatic hydroxyl groups excluding tert-OH is 1. The highest BCUT2D eigenvalue weighted by Crippen LogP contribution is 2.25. The first-order valence-corrected chi connectivity index (χ1v) is 11.1. The molecule has 31 heavy (non-hydrogen) atoms. The standard InChI is InChI=1S/C22H33N5O4/c1-15(2)21-25-22(26-31-21)27-11-8-17(9-12-27)5-4-14-30-19-7-6-18(16(3)24-19)20(29)23-10-13-28/h6-7,15,17,28H,4-5,8-14H2,1-3H3,(H,23,29). The molecule has 0 unspecified atom stereocenters. The summed E-state index contributed by atoms with van der Waals surface area (Å²) >= 11 is 0. The molecule has 0 aromatic carbocycles. The predicted molar refractivity (Wildman–Crippen MR) is 116 cm³/mol. The Hall–Kier alpha value is -2.68. The molecule has 170 valence electrons. The molecule has 1 aliphatic rings. The average molecular weight is 432 g/mol. The monoisotopic (exact) mass is 431 g/mol. The van der Waals surface area contributed by atoms with E-state index >= 15 is 0 Å². The van der Waals surface area contributed by atoms with E-state index in [9.17, 15) is 4.79 Å². The second kappa shape index (κ2) is 11.1. The van der Waals surface area contributed by atoms with Crippen LogP contribution in [0.5, 0.6) is 5.88 Å². The van der Waals surface area contributed by atoms with Crippen LogP contribution in [0.1, 0.15) is 67.4 Å². The fourth-order valence-electron chi connectivity index (χ4n) is 3.68. The summed E-state index contributed by atoms with van der Waals surface area (Å²) in [5.74, 6) is 2.61. The lowest BCUT2D eigenvalue weighted by molar-refractivity contribution is 0.0943. The third-order valence-electron chi connectivity index (χ3n) is 5.53. The summed E-state index contributed by atoms with van der Waals surface area (Å²) in [6.07, 6.45) is 4.29. The number of nitrogens with one attached hydrogen (secondary N) is 1. The molecule has 1 aliphatic heterocycles. The van der Waals surface area contributed by atoms with E-state index in [1.807, 2.05) is 13.8 Å². The normalized spacial score (nSPS) is 14.8. The molecular formula is C22H33N5O4. The molecule has 3 heterocycles. The Morgan fingerprint density at radius 2 is 2.10 bits per heavy atom. The first kappa shape index (κ1) is 23.0. The van der Waals surface area contributed by atoms with Gasteiger partial charge in [-0.1, -0.05) is 13.8 Å². The van der Waals surface area contributed by atoms with E-state index in [4.69, 9.17) is 14.4 Å². The summed E-state index contributed by atoms with van der Waals surface area (Å²) in [6, 6.07) is 3.43. The maximum absolute atomic E-state index is 12.0. The van der Waals surface area contributed by atoms with Crippen molar-refractivity contribution in [1.29, 1.82) is 0 Å². The Bertz CT molecular complexity index is 846. The maximum atomic E-state index is 12.0. The van der Waals surface area contributed by atoms with Crippen molar-refractivity contribution in [3.8, 4) is 5.88 Å². The van der Waals surface area contributed by atoms with Gasteiger partial charge in [0.05, 0.1) is 24.5 Å². The van der Waals surface area contributed by atoms with Gasteiger partial charge in [0.15, 0.2) is 0 Å². The second-order valence-corrected chi connectivity index (χ2v) is 8.27. The number of anilines is 1. The highest BCUT2D eigenvalue weighted by Gasteiger charge is 2.23. The van der Waals surface area contributed by atoms with Gasteiger partial charge in [0.25, 0.3) is 11.9 Å². The predicted octanol–water partition coefficient (Wildman–Crippen LogP) is 2.69. The number of pyridine rings is 1. The third kappa shape index (κ3) is 6.40. The minimum absolute atomic E-state index is 0.0887. The summed E-state index contributed by atoms with van der Waals surface area (Å²) in [5.41, 5.74) is 1.11. The number of piperidine rings is 1. The minimum Gasteiger partial charge on any atom is -0.478 e. The highest BCUT2D eigenvalue weighted by atomic mass is 16.5. The maximum Gasteiger partial charge on any atom is 0.266 e. The zero-order chi connectivity index (χ0) is 22.2. The molecule has 0 spiro atoms. The van der Waals surface area contributed by atoms with Gasteiger partial charge in [-0.25, -0.2) is 4.98 Å². The number of ether oxygens (including phenoxy) is 1. The zero-order valence-corrected chi connectivity index (χ0v) is 18.6. The zero-order valence-electron chi connectivity index (χ0n) is 18.6. The molecule has 0 aliphatic carbocycles. The molecule has 9 heteroatoms. The van der Waals surface area contributed by atoms with Crippen molar-refractivity contribution >= 4 is 11.9 Å². The van der Waals surface area contributed by atoms with E-state index < -0.39 is 0 Å². The van der Waals surface area contributed by atoms with Gasteiger partial charge >= 0.3 is 0 Å². The van der Waals surface area contributed by atoms with Crippen LogP contribution >= 0.6 is 0 Å². The molecule has 3 rings (SSSR count). The average Bonchev–Trinajstić information content (AvgIpc) is 3.26. The van der Waals surface area contributed by atoms with Crippen LogP contribution in [0, 0.1) is 12.8 Å². The van der Waals surface area contributed by atoms with Gasteiger partial charge in [-0.2, -0.15) is 4.98 Å². The van der Waals surface area contributed by atoms with Crippen LogP contribution < -0.4 is 15.0 Å². The molecule has 1 amide bonds. The van der Waals surface area contributed by atoms with E-state index in [-0.39, 0.29) is 25.0 Å². The van der Waals surface area contributed by atoms with Gasteiger partial charge in [-0.3, -0.25) is 4.79 Å². The van der Waals surface area contributed by atoms with Crippen LogP contribution in [0.3, 0.4) is 0 Å². The highest BCUT2D eigenvalue weighted by molar-refractivity contribution is 5.95. The van der Waals surface area contributed by atoms with Crippen LogP contribution in [0.15, 0.2) is 16.7 Å². The van der Waals surface area contributed by atoms with Crippen molar-refractivity contribution in [2.45, 2.75) is 52.4 Å². The van der Waals surface area contributed by atoms with Gasteiger partial charge in [0.1, 0.15) is 0 Å². The number of aromatic nitrogens is 3. The lowest BCUT2D eigenvalue weighted by Crippen LogP contribution is -2.34. The molecule has 2 aromatic heterocycles. The molecule has 9 nitrogen and oxygen atoms in total. The van der Waals surface area contributed by atoms with Gasteiger partial charge in [0, 0.05) is 31.6 Å². The molecule has 0 radical (unpaired) electrons. The number of carbonyl (C=O) groups excluding carboxylic acids is 1. The number of rotatable bonds is 10. The molecule has 2 aromatic rings. The van der Waals surface area contributed by atoms with E-state index in [0.29, 0.717) is 41.5 Å². The van der Waals surface area contributed by atoms with E-state index in [0.717, 1.165) is 38.8 Å². The van der Waals surface area contributed by atoms with Gasteiger partial charge in [-0.05, 0) is 49.7 Å². The lowest BCUT2D eigenvalue weighted by Gasteiger charge is -2.30. The molecule has 0 bridgehead atoms. The van der Waals surface area contributed by atoms with Crippen molar-refractivity contribution < 1.29 is 19.2 Å². The fraction of sp³-hybridized carbons (Fsp3) is 0.636. The molecule has 1 fully saturated rings. The summed E-state index contributed by atoms with van der Waals surface area (Å²) < 4.78 is 11.1. The Labute approximate surface area is 183 Å². The van der Waals surface area contributed by atoms with Crippen molar-refractivity contribution in [2.75, 3.05) is 37.7 Å². The number of amides is 1. The molecule has 2 N–H and O–H groups in total. The molecular weight excluding hydrogens is 398 g/mol. The first-order valence-electron chi connectivity index (χ1n) is 11.1. The summed E-state index contributed by atoms with van der Waals surface area (Å²) in [5, 5.41) is 15.6. The Balaban J connectivity index is 1.36. The third-order valence-corrected chi connectivity index (χ3v) is 5.53. The van der Waals surface area contributed by atoms with Crippen molar-refractivity contribution in [2.24, 2.45) is 5.92 Å². The topological polar surface area (TPSA) is 114 Å². The molecule has 1 saturated heterocycles. The van der Waals surface area contributed by atoms with E-state index in [1.54, 1.807) is 19.1 Å². The Morgan fingerprint density at radius 1 is 1.32 bits per heavy atom.